The third-order valence-corrected chi connectivity index (χ3v) is 12.4. The maximum atomic E-state index is 5.19. The summed E-state index contributed by atoms with van der Waals surface area (Å²) in [5.41, 5.74) is 9.86. The first kappa shape index (κ1) is 31.9. The molecule has 0 unspecified atom stereocenters. The van der Waals surface area contributed by atoms with Crippen LogP contribution in [0.2, 0.25) is 0 Å². The molecule has 0 aliphatic carbocycles. The highest BCUT2D eigenvalue weighted by Gasteiger charge is 2.23. The largest absolute Gasteiger partial charge is 0.309 e. The van der Waals surface area contributed by atoms with Gasteiger partial charge in [-0.05, 0) is 48.0 Å². The summed E-state index contributed by atoms with van der Waals surface area (Å²) in [7, 11) is 0. The second-order valence-corrected chi connectivity index (χ2v) is 15.5. The number of benzene rings is 8. The first-order valence-electron chi connectivity index (χ1n) is 19.1. The van der Waals surface area contributed by atoms with Crippen LogP contribution in [0, 0.1) is 0 Å². The van der Waals surface area contributed by atoms with Crippen LogP contribution in [0.4, 0.5) is 0 Å². The zero-order chi connectivity index (χ0) is 37.5. The van der Waals surface area contributed by atoms with Crippen LogP contribution in [0.3, 0.4) is 0 Å². The molecule has 57 heavy (non-hydrogen) atoms. The minimum absolute atomic E-state index is 0.583. The molecule has 266 valence electrons. The van der Waals surface area contributed by atoms with Gasteiger partial charge in [-0.3, -0.25) is 4.57 Å². The molecule has 0 saturated carbocycles. The lowest BCUT2D eigenvalue weighted by Crippen LogP contribution is -2.06. The minimum Gasteiger partial charge on any atom is -0.309 e. The Labute approximate surface area is 331 Å². The van der Waals surface area contributed by atoms with Gasteiger partial charge in [0.25, 0.3) is 0 Å². The van der Waals surface area contributed by atoms with Crippen molar-refractivity contribution in [2.45, 2.75) is 0 Å². The van der Waals surface area contributed by atoms with E-state index in [2.05, 4.69) is 161 Å². The molecular formula is C51H31N5S. The van der Waals surface area contributed by atoms with Gasteiger partial charge in [-0.2, -0.15) is 9.97 Å². The summed E-state index contributed by atoms with van der Waals surface area (Å²) in [5.74, 6) is 1.85. The Kier molecular flexibility index (Phi) is 7.03. The molecule has 0 N–H and O–H groups in total. The van der Waals surface area contributed by atoms with Crippen molar-refractivity contribution in [2.75, 3.05) is 0 Å². The molecule has 12 rings (SSSR count). The number of rotatable bonds is 5. The van der Waals surface area contributed by atoms with Gasteiger partial charge in [0.2, 0.25) is 5.95 Å². The maximum Gasteiger partial charge on any atom is 0.238 e. The fourth-order valence-electron chi connectivity index (χ4n) is 8.68. The Morgan fingerprint density at radius 3 is 1.47 bits per heavy atom. The summed E-state index contributed by atoms with van der Waals surface area (Å²) in [4.78, 5) is 15.4. The van der Waals surface area contributed by atoms with Crippen molar-refractivity contribution in [1.82, 2.24) is 24.1 Å². The van der Waals surface area contributed by atoms with Gasteiger partial charge in [0.05, 0.1) is 22.1 Å². The van der Waals surface area contributed by atoms with Crippen LogP contribution >= 0.6 is 11.3 Å². The van der Waals surface area contributed by atoms with Gasteiger partial charge in [-0.25, -0.2) is 4.98 Å². The molecule has 0 spiro atoms. The number of para-hydroxylation sites is 2. The van der Waals surface area contributed by atoms with Crippen molar-refractivity contribution >= 4 is 75.1 Å². The lowest BCUT2D eigenvalue weighted by Gasteiger charge is -2.13. The summed E-state index contributed by atoms with van der Waals surface area (Å²) in [6.45, 7) is 0. The standard InChI is InChI=1S/C51H31N5S/c1-4-16-32(17-5-1)39-30-35(31-40-36-22-12-15-27-45(36)57-48(39)40)55-41-25-13-10-23-37(41)46-43(55)28-29-44-47(46)38-24-11-14-26-42(38)56(44)51-53-49(33-18-6-2-7-19-33)52-50(54-51)34-20-8-3-9-21-34/h1-31H. The molecule has 12 aromatic rings. The van der Waals surface area contributed by atoms with Gasteiger partial charge in [-0.15, -0.1) is 11.3 Å². The highest BCUT2D eigenvalue weighted by Crippen LogP contribution is 2.45. The third kappa shape index (κ3) is 4.91. The maximum absolute atomic E-state index is 5.19. The molecule has 0 saturated heterocycles. The Balaban J connectivity index is 1.18. The molecule has 4 heterocycles. The minimum atomic E-state index is 0.583. The average molecular weight is 746 g/mol. The monoisotopic (exact) mass is 745 g/mol. The van der Waals surface area contributed by atoms with Crippen LogP contribution in [0.1, 0.15) is 0 Å². The lowest BCUT2D eigenvalue weighted by molar-refractivity contribution is 0.953. The zero-order valence-electron chi connectivity index (χ0n) is 30.5. The Hall–Kier alpha value is -7.41. The molecule has 0 atom stereocenters. The van der Waals surface area contributed by atoms with E-state index in [0.29, 0.717) is 17.6 Å². The first-order chi connectivity index (χ1) is 28.3. The van der Waals surface area contributed by atoms with Crippen LogP contribution in [0.25, 0.3) is 109 Å². The topological polar surface area (TPSA) is 48.5 Å². The SMILES string of the molecule is c1ccc(-c2nc(-c3ccccc3)nc(-n3c4ccccc4c4c5c6ccccc6n(-c6cc(-c7ccccc7)c7sc8ccccc8c7c6)c5ccc43)n2)cc1. The zero-order valence-corrected chi connectivity index (χ0v) is 31.4. The number of nitrogens with zero attached hydrogens (tertiary/aromatic N) is 5. The summed E-state index contributed by atoms with van der Waals surface area (Å²) >= 11 is 1.87. The Morgan fingerprint density at radius 1 is 0.368 bits per heavy atom. The van der Waals surface area contributed by atoms with Crippen molar-refractivity contribution in [3.63, 3.8) is 0 Å². The van der Waals surface area contributed by atoms with Crippen molar-refractivity contribution in [1.29, 1.82) is 0 Å². The van der Waals surface area contributed by atoms with Crippen molar-refractivity contribution in [3.8, 4) is 45.5 Å². The van der Waals surface area contributed by atoms with Gasteiger partial charge >= 0.3 is 0 Å². The normalized spacial score (nSPS) is 11.9. The summed E-state index contributed by atoms with van der Waals surface area (Å²) in [6, 6.07) is 66.7. The summed E-state index contributed by atoms with van der Waals surface area (Å²) in [5, 5.41) is 7.27. The number of hydrogen-bond donors (Lipinski definition) is 0. The van der Waals surface area contributed by atoms with Gasteiger partial charge in [0.15, 0.2) is 11.6 Å². The van der Waals surface area contributed by atoms with E-state index in [1.807, 2.05) is 47.7 Å². The quantitative estimate of drug-likeness (QED) is 0.176. The van der Waals surface area contributed by atoms with E-state index < -0.39 is 0 Å². The van der Waals surface area contributed by atoms with Crippen LogP contribution in [-0.4, -0.2) is 24.1 Å². The summed E-state index contributed by atoms with van der Waals surface area (Å²) < 4.78 is 7.27. The highest BCUT2D eigenvalue weighted by atomic mass is 32.1. The fourth-order valence-corrected chi connectivity index (χ4v) is 9.90. The van der Waals surface area contributed by atoms with Crippen LogP contribution in [0.15, 0.2) is 188 Å². The number of thiophene rings is 1. The fraction of sp³-hybridized carbons (Fsp3) is 0. The summed E-state index contributed by atoms with van der Waals surface area (Å²) in [6.07, 6.45) is 0. The van der Waals surface area contributed by atoms with E-state index in [1.165, 1.54) is 47.5 Å². The molecular weight excluding hydrogens is 715 g/mol. The molecule has 0 amide bonds. The van der Waals surface area contributed by atoms with Crippen LogP contribution in [-0.2, 0) is 0 Å². The second kappa shape index (κ2) is 12.6. The van der Waals surface area contributed by atoms with E-state index >= 15 is 0 Å². The first-order valence-corrected chi connectivity index (χ1v) is 19.9. The van der Waals surface area contributed by atoms with Gasteiger partial charge in [0, 0.05) is 64.1 Å². The van der Waals surface area contributed by atoms with E-state index in [1.54, 1.807) is 0 Å². The molecule has 8 aromatic carbocycles. The molecule has 0 bridgehead atoms. The smallest absolute Gasteiger partial charge is 0.238 e. The molecule has 0 aliphatic heterocycles. The van der Waals surface area contributed by atoms with E-state index in [9.17, 15) is 0 Å². The average Bonchev–Trinajstić information content (AvgIpc) is 3.94. The molecule has 0 aliphatic rings. The van der Waals surface area contributed by atoms with Crippen LogP contribution in [0.5, 0.6) is 0 Å². The second-order valence-electron chi connectivity index (χ2n) is 14.4. The third-order valence-electron chi connectivity index (χ3n) is 11.2. The number of fused-ring (bicyclic) bond motifs is 10. The Bertz CT molecular complexity index is 3450. The van der Waals surface area contributed by atoms with Gasteiger partial charge in [0.1, 0.15) is 0 Å². The highest BCUT2D eigenvalue weighted by molar-refractivity contribution is 7.26. The molecule has 6 heteroatoms. The predicted molar refractivity (Wildman–Crippen MR) is 238 cm³/mol. The van der Waals surface area contributed by atoms with Gasteiger partial charge in [-0.1, -0.05) is 146 Å². The van der Waals surface area contributed by atoms with Gasteiger partial charge < -0.3 is 4.57 Å². The number of hydrogen-bond acceptors (Lipinski definition) is 4. The van der Waals surface area contributed by atoms with E-state index in [-0.39, 0.29) is 0 Å². The Morgan fingerprint density at radius 2 is 0.860 bits per heavy atom. The van der Waals surface area contributed by atoms with Crippen LogP contribution < -0.4 is 0 Å². The molecule has 4 aromatic heterocycles. The predicted octanol–water partition coefficient (Wildman–Crippen LogP) is 13.4. The van der Waals surface area contributed by atoms with Crippen molar-refractivity contribution in [3.05, 3.63) is 188 Å². The lowest BCUT2D eigenvalue weighted by atomic mass is 10.0. The van der Waals surface area contributed by atoms with Crippen molar-refractivity contribution in [2.24, 2.45) is 0 Å². The number of aromatic nitrogens is 5. The van der Waals surface area contributed by atoms with E-state index in [0.717, 1.165) is 44.3 Å². The molecule has 0 fully saturated rings. The van der Waals surface area contributed by atoms with Crippen molar-refractivity contribution < 1.29 is 0 Å². The molecule has 0 radical (unpaired) electrons. The van der Waals surface area contributed by atoms with E-state index in [4.69, 9.17) is 15.0 Å². The molecule has 5 nitrogen and oxygen atoms in total.